The van der Waals surface area contributed by atoms with Crippen LogP contribution < -0.4 is 10.6 Å². The fourth-order valence-electron chi connectivity index (χ4n) is 2.20. The number of furan rings is 1. The van der Waals surface area contributed by atoms with Crippen molar-refractivity contribution in [3.05, 3.63) is 24.2 Å². The molecule has 94 valence electrons. The molecular weight excluding hydrogens is 216 g/mol. The molecule has 0 bridgehead atoms. The average Bonchev–Trinajstić information content (AvgIpc) is 2.96. The standard InChI is InChI=1S/C13H20N2O2/c16-13(15-11-4-1-2-5-11)7-8-14-10-12-6-3-9-17-12/h3,6,9,11,14H,1-2,4-5,7-8,10H2,(H,15,16). The topological polar surface area (TPSA) is 54.3 Å². The summed E-state index contributed by atoms with van der Waals surface area (Å²) in [7, 11) is 0. The van der Waals surface area contributed by atoms with Crippen LogP contribution in [0.4, 0.5) is 0 Å². The first-order valence-electron chi connectivity index (χ1n) is 6.37. The highest BCUT2D eigenvalue weighted by molar-refractivity contribution is 5.76. The summed E-state index contributed by atoms with van der Waals surface area (Å²) in [5, 5.41) is 6.26. The van der Waals surface area contributed by atoms with Crippen LogP contribution in [-0.2, 0) is 11.3 Å². The van der Waals surface area contributed by atoms with Crippen molar-refractivity contribution in [1.82, 2.24) is 10.6 Å². The van der Waals surface area contributed by atoms with Crippen LogP contribution in [0.3, 0.4) is 0 Å². The zero-order valence-corrected chi connectivity index (χ0v) is 10.1. The summed E-state index contributed by atoms with van der Waals surface area (Å²) in [4.78, 5) is 11.6. The molecule has 1 aromatic rings. The molecule has 1 heterocycles. The Morgan fingerprint density at radius 1 is 1.41 bits per heavy atom. The minimum atomic E-state index is 0.156. The van der Waals surface area contributed by atoms with Gasteiger partial charge in [0.25, 0.3) is 0 Å². The third-order valence-electron chi connectivity index (χ3n) is 3.13. The molecule has 2 N–H and O–H groups in total. The number of carbonyl (C=O) groups is 1. The molecule has 1 aliphatic carbocycles. The normalized spacial score (nSPS) is 16.2. The van der Waals surface area contributed by atoms with Gasteiger partial charge in [-0.1, -0.05) is 12.8 Å². The van der Waals surface area contributed by atoms with Gasteiger partial charge in [0.1, 0.15) is 5.76 Å². The Balaban J connectivity index is 1.53. The van der Waals surface area contributed by atoms with E-state index in [1.165, 1.54) is 12.8 Å². The maximum Gasteiger partial charge on any atom is 0.221 e. The molecule has 17 heavy (non-hydrogen) atoms. The van der Waals surface area contributed by atoms with E-state index < -0.39 is 0 Å². The summed E-state index contributed by atoms with van der Waals surface area (Å²) >= 11 is 0. The quantitative estimate of drug-likeness (QED) is 0.741. The van der Waals surface area contributed by atoms with E-state index in [9.17, 15) is 4.79 Å². The van der Waals surface area contributed by atoms with E-state index in [4.69, 9.17) is 4.42 Å². The number of hydrogen-bond donors (Lipinski definition) is 2. The van der Waals surface area contributed by atoms with Crippen molar-refractivity contribution in [2.75, 3.05) is 6.54 Å². The Labute approximate surface area is 102 Å². The fraction of sp³-hybridized carbons (Fsp3) is 0.615. The van der Waals surface area contributed by atoms with E-state index in [0.29, 0.717) is 25.6 Å². The van der Waals surface area contributed by atoms with Gasteiger partial charge < -0.3 is 15.1 Å². The fourth-order valence-corrected chi connectivity index (χ4v) is 2.20. The Morgan fingerprint density at radius 3 is 2.94 bits per heavy atom. The molecule has 4 heteroatoms. The zero-order chi connectivity index (χ0) is 11.9. The Kier molecular flexibility index (Phi) is 4.62. The van der Waals surface area contributed by atoms with E-state index >= 15 is 0 Å². The van der Waals surface area contributed by atoms with E-state index in [-0.39, 0.29) is 5.91 Å². The van der Waals surface area contributed by atoms with Crippen molar-refractivity contribution in [3.8, 4) is 0 Å². The van der Waals surface area contributed by atoms with Gasteiger partial charge in [0.2, 0.25) is 5.91 Å². The molecule has 0 saturated heterocycles. The van der Waals surface area contributed by atoms with Crippen molar-refractivity contribution in [2.24, 2.45) is 0 Å². The molecule has 2 rings (SSSR count). The molecule has 1 aromatic heterocycles. The molecule has 4 nitrogen and oxygen atoms in total. The summed E-state index contributed by atoms with van der Waals surface area (Å²) in [6.45, 7) is 1.38. The molecule has 1 aliphatic rings. The second-order valence-corrected chi connectivity index (χ2v) is 4.56. The van der Waals surface area contributed by atoms with Crippen LogP contribution in [0.2, 0.25) is 0 Å². The van der Waals surface area contributed by atoms with Crippen LogP contribution in [0.15, 0.2) is 22.8 Å². The van der Waals surface area contributed by atoms with Gasteiger partial charge in [-0.2, -0.15) is 0 Å². The lowest BCUT2D eigenvalue weighted by atomic mass is 10.2. The van der Waals surface area contributed by atoms with Gasteiger partial charge in [0.05, 0.1) is 12.8 Å². The maximum absolute atomic E-state index is 11.6. The summed E-state index contributed by atoms with van der Waals surface area (Å²) in [5.74, 6) is 1.06. The van der Waals surface area contributed by atoms with E-state index in [2.05, 4.69) is 10.6 Å². The third kappa shape index (κ3) is 4.23. The first-order chi connectivity index (χ1) is 8.34. The van der Waals surface area contributed by atoms with Gasteiger partial charge in [0.15, 0.2) is 0 Å². The van der Waals surface area contributed by atoms with Crippen molar-refractivity contribution >= 4 is 5.91 Å². The van der Waals surface area contributed by atoms with Crippen LogP contribution in [0.25, 0.3) is 0 Å². The predicted molar refractivity (Wildman–Crippen MR) is 65.4 cm³/mol. The van der Waals surface area contributed by atoms with E-state index in [0.717, 1.165) is 18.6 Å². The summed E-state index contributed by atoms with van der Waals surface area (Å²) in [5.41, 5.74) is 0. The largest absolute Gasteiger partial charge is 0.468 e. The van der Waals surface area contributed by atoms with Crippen LogP contribution in [0.1, 0.15) is 37.9 Å². The number of rotatable bonds is 6. The van der Waals surface area contributed by atoms with Crippen molar-refractivity contribution < 1.29 is 9.21 Å². The Morgan fingerprint density at radius 2 is 2.24 bits per heavy atom. The first kappa shape index (κ1) is 12.2. The van der Waals surface area contributed by atoms with Crippen LogP contribution >= 0.6 is 0 Å². The second kappa shape index (κ2) is 6.45. The minimum absolute atomic E-state index is 0.156. The molecule has 1 amide bonds. The Bertz CT molecular complexity index is 329. The molecule has 0 spiro atoms. The highest BCUT2D eigenvalue weighted by atomic mass is 16.3. The molecular formula is C13H20N2O2. The van der Waals surface area contributed by atoms with Gasteiger partial charge in [0, 0.05) is 19.0 Å². The lowest BCUT2D eigenvalue weighted by Gasteiger charge is -2.11. The zero-order valence-electron chi connectivity index (χ0n) is 10.1. The Hall–Kier alpha value is -1.29. The van der Waals surface area contributed by atoms with Gasteiger partial charge in [-0.05, 0) is 25.0 Å². The van der Waals surface area contributed by atoms with Gasteiger partial charge in [-0.3, -0.25) is 4.79 Å². The van der Waals surface area contributed by atoms with Crippen molar-refractivity contribution in [3.63, 3.8) is 0 Å². The summed E-state index contributed by atoms with van der Waals surface area (Å²) in [6.07, 6.45) is 6.99. The lowest BCUT2D eigenvalue weighted by Crippen LogP contribution is -2.34. The van der Waals surface area contributed by atoms with Crippen molar-refractivity contribution in [2.45, 2.75) is 44.7 Å². The molecule has 1 saturated carbocycles. The number of nitrogens with one attached hydrogen (secondary N) is 2. The van der Waals surface area contributed by atoms with Crippen LogP contribution in [-0.4, -0.2) is 18.5 Å². The second-order valence-electron chi connectivity index (χ2n) is 4.56. The number of hydrogen-bond acceptors (Lipinski definition) is 3. The van der Waals surface area contributed by atoms with E-state index in [1.54, 1.807) is 6.26 Å². The van der Waals surface area contributed by atoms with Gasteiger partial charge in [-0.25, -0.2) is 0 Å². The van der Waals surface area contributed by atoms with E-state index in [1.807, 2.05) is 12.1 Å². The molecule has 0 aliphatic heterocycles. The van der Waals surface area contributed by atoms with Gasteiger partial charge >= 0.3 is 0 Å². The van der Waals surface area contributed by atoms with Gasteiger partial charge in [-0.15, -0.1) is 0 Å². The number of carbonyl (C=O) groups excluding carboxylic acids is 1. The first-order valence-corrected chi connectivity index (χ1v) is 6.37. The lowest BCUT2D eigenvalue weighted by molar-refractivity contribution is -0.121. The van der Waals surface area contributed by atoms with Crippen molar-refractivity contribution in [1.29, 1.82) is 0 Å². The highest BCUT2D eigenvalue weighted by Gasteiger charge is 2.16. The van der Waals surface area contributed by atoms with Crippen LogP contribution in [0.5, 0.6) is 0 Å². The molecule has 1 fully saturated rings. The van der Waals surface area contributed by atoms with Crippen LogP contribution in [0, 0.1) is 0 Å². The highest BCUT2D eigenvalue weighted by Crippen LogP contribution is 2.17. The average molecular weight is 236 g/mol. The summed E-state index contributed by atoms with van der Waals surface area (Å²) in [6, 6.07) is 4.21. The third-order valence-corrected chi connectivity index (χ3v) is 3.13. The maximum atomic E-state index is 11.6. The SMILES string of the molecule is O=C(CCNCc1ccco1)NC1CCCC1. The number of amides is 1. The molecule has 0 radical (unpaired) electrons. The molecule has 0 unspecified atom stereocenters. The molecule has 0 aromatic carbocycles. The minimum Gasteiger partial charge on any atom is -0.468 e. The molecule has 0 atom stereocenters. The monoisotopic (exact) mass is 236 g/mol. The summed E-state index contributed by atoms with van der Waals surface area (Å²) < 4.78 is 5.19. The predicted octanol–water partition coefficient (Wildman–Crippen LogP) is 1.82. The smallest absolute Gasteiger partial charge is 0.221 e.